The topological polar surface area (TPSA) is 25.8 Å². The summed E-state index contributed by atoms with van der Waals surface area (Å²) in [6, 6.07) is 24.5. The van der Waals surface area contributed by atoms with E-state index < -0.39 is 0 Å². The van der Waals surface area contributed by atoms with Crippen LogP contribution in [0.4, 0.5) is 0 Å². The van der Waals surface area contributed by atoms with E-state index in [2.05, 4.69) is 80.6 Å². The average molecular weight is 443 g/mol. The second-order valence-electron chi connectivity index (χ2n) is 9.41. The Kier molecular flexibility index (Phi) is 4.07. The van der Waals surface area contributed by atoms with Crippen LogP contribution in [-0.2, 0) is 6.42 Å². The second kappa shape index (κ2) is 7.03. The van der Waals surface area contributed by atoms with Gasteiger partial charge in [-0.05, 0) is 75.0 Å². The van der Waals surface area contributed by atoms with E-state index in [4.69, 9.17) is 9.97 Å². The largest absolute Gasteiger partial charge is 0.261 e. The quantitative estimate of drug-likeness (QED) is 0.251. The third-order valence-electron chi connectivity index (χ3n) is 6.70. The van der Waals surface area contributed by atoms with Crippen LogP contribution >= 0.6 is 11.8 Å². The van der Waals surface area contributed by atoms with Crippen molar-refractivity contribution in [1.29, 1.82) is 0 Å². The fourth-order valence-electron chi connectivity index (χ4n) is 5.23. The van der Waals surface area contributed by atoms with Crippen LogP contribution < -0.4 is 0 Å². The van der Waals surface area contributed by atoms with Crippen molar-refractivity contribution < 1.29 is 0 Å². The number of nitrogens with zero attached hydrogens (tertiary/aromatic N) is 2. The maximum Gasteiger partial charge on any atom is 0.0803 e. The lowest BCUT2D eigenvalue weighted by Gasteiger charge is -2.21. The van der Waals surface area contributed by atoms with Crippen LogP contribution in [0, 0.1) is 5.92 Å². The maximum atomic E-state index is 4.88. The van der Waals surface area contributed by atoms with Crippen LogP contribution in [0.5, 0.6) is 0 Å². The molecular weight excluding hydrogens is 420 g/mol. The van der Waals surface area contributed by atoms with Crippen molar-refractivity contribution in [2.24, 2.45) is 5.92 Å². The number of pyridine rings is 2. The van der Waals surface area contributed by atoms with Gasteiger partial charge in [-0.15, -0.1) is 0 Å². The van der Waals surface area contributed by atoms with Gasteiger partial charge in [0.05, 0.1) is 5.69 Å². The number of hydrogen-bond acceptors (Lipinski definition) is 3. The molecule has 6 aromatic rings. The van der Waals surface area contributed by atoms with Crippen molar-refractivity contribution in [3.8, 4) is 11.3 Å². The van der Waals surface area contributed by atoms with Crippen LogP contribution in [0.1, 0.15) is 19.5 Å². The summed E-state index contributed by atoms with van der Waals surface area (Å²) in [5.41, 5.74) is 3.50. The molecule has 0 atom stereocenters. The van der Waals surface area contributed by atoms with E-state index in [0.29, 0.717) is 5.92 Å². The highest BCUT2D eigenvalue weighted by molar-refractivity contribution is 7.99. The lowest BCUT2D eigenvalue weighted by atomic mass is 9.94. The summed E-state index contributed by atoms with van der Waals surface area (Å²) < 4.78 is 0. The molecule has 158 valence electrons. The molecule has 0 saturated carbocycles. The molecule has 2 nitrogen and oxygen atoms in total. The summed E-state index contributed by atoms with van der Waals surface area (Å²) in [5, 5.41) is 10.2. The monoisotopic (exact) mass is 442 g/mol. The SMILES string of the molecule is CC(C)Cc1cc2c(ccc3c4ccnc5c4c(cc23)Sc2cc3ccccc3cc2-5)cn1. The van der Waals surface area contributed by atoms with E-state index >= 15 is 0 Å². The number of aromatic nitrogens is 2. The van der Waals surface area contributed by atoms with E-state index in [-0.39, 0.29) is 0 Å². The minimum Gasteiger partial charge on any atom is -0.261 e. The maximum absolute atomic E-state index is 4.88. The molecule has 0 unspecified atom stereocenters. The molecule has 0 amide bonds. The van der Waals surface area contributed by atoms with E-state index in [0.717, 1.165) is 12.1 Å². The molecule has 0 spiro atoms. The summed E-state index contributed by atoms with van der Waals surface area (Å²) >= 11 is 1.87. The number of rotatable bonds is 2. The van der Waals surface area contributed by atoms with Gasteiger partial charge in [0.1, 0.15) is 0 Å². The predicted octanol–water partition coefficient (Wildman–Crippen LogP) is 8.42. The Bertz CT molecular complexity index is 1750. The molecule has 0 bridgehead atoms. The standard InChI is InChI=1S/C30H22N2S/c1-17(2)11-21-14-24-20(16-32-21)7-8-22-23-9-10-31-30-26-12-18-5-3-4-6-19(18)13-27(26)33-28(29(23)30)15-25(22)24/h3-10,12-17H,11H2,1-2H3. The third kappa shape index (κ3) is 2.89. The van der Waals surface area contributed by atoms with Gasteiger partial charge in [-0.3, -0.25) is 9.97 Å². The molecule has 0 saturated heterocycles. The fraction of sp³-hybridized carbons (Fsp3) is 0.133. The number of fused-ring (bicyclic) bond motifs is 7. The molecule has 4 aromatic carbocycles. The van der Waals surface area contributed by atoms with E-state index in [9.17, 15) is 0 Å². The zero-order valence-corrected chi connectivity index (χ0v) is 19.4. The van der Waals surface area contributed by atoms with Gasteiger partial charge in [-0.2, -0.15) is 0 Å². The molecule has 0 radical (unpaired) electrons. The lowest BCUT2D eigenvalue weighted by molar-refractivity contribution is 0.636. The summed E-state index contributed by atoms with van der Waals surface area (Å²) in [6.07, 6.45) is 5.00. The fourth-order valence-corrected chi connectivity index (χ4v) is 6.41. The molecule has 33 heavy (non-hydrogen) atoms. The van der Waals surface area contributed by atoms with Crippen LogP contribution in [0.3, 0.4) is 0 Å². The summed E-state index contributed by atoms with van der Waals surface area (Å²) in [5.74, 6) is 0.586. The van der Waals surface area contributed by atoms with E-state index in [1.807, 2.05) is 24.2 Å². The molecule has 7 rings (SSSR count). The van der Waals surface area contributed by atoms with Crippen LogP contribution in [0.2, 0.25) is 0 Å². The number of benzene rings is 4. The highest BCUT2D eigenvalue weighted by Gasteiger charge is 2.23. The molecule has 3 heteroatoms. The van der Waals surface area contributed by atoms with Gasteiger partial charge in [0.25, 0.3) is 0 Å². The van der Waals surface area contributed by atoms with E-state index in [1.54, 1.807) is 0 Å². The Morgan fingerprint density at radius 3 is 2.42 bits per heavy atom. The Morgan fingerprint density at radius 1 is 0.727 bits per heavy atom. The molecule has 0 N–H and O–H groups in total. The number of hydrogen-bond donors (Lipinski definition) is 0. The van der Waals surface area contributed by atoms with Gasteiger partial charge in [-0.1, -0.05) is 62.0 Å². The van der Waals surface area contributed by atoms with Gasteiger partial charge in [-0.25, -0.2) is 0 Å². The minimum absolute atomic E-state index is 0.586. The highest BCUT2D eigenvalue weighted by Crippen LogP contribution is 2.50. The van der Waals surface area contributed by atoms with Crippen molar-refractivity contribution >= 4 is 54.9 Å². The van der Waals surface area contributed by atoms with Crippen LogP contribution in [-0.4, -0.2) is 9.97 Å². The second-order valence-corrected chi connectivity index (χ2v) is 10.5. The van der Waals surface area contributed by atoms with Crippen molar-refractivity contribution in [1.82, 2.24) is 9.97 Å². The predicted molar refractivity (Wildman–Crippen MR) is 140 cm³/mol. The normalized spacial score (nSPS) is 12.8. The Labute approximate surface area is 196 Å². The third-order valence-corrected chi connectivity index (χ3v) is 7.80. The smallest absolute Gasteiger partial charge is 0.0803 e. The van der Waals surface area contributed by atoms with Crippen LogP contribution in [0.15, 0.2) is 88.9 Å². The Morgan fingerprint density at radius 2 is 1.58 bits per heavy atom. The zero-order chi connectivity index (χ0) is 22.1. The molecule has 0 aliphatic carbocycles. The van der Waals surface area contributed by atoms with Crippen molar-refractivity contribution in [2.75, 3.05) is 0 Å². The van der Waals surface area contributed by atoms with Crippen LogP contribution in [0.25, 0.3) is 54.3 Å². The molecule has 0 fully saturated rings. The zero-order valence-electron chi connectivity index (χ0n) is 18.6. The molecule has 1 aliphatic heterocycles. The minimum atomic E-state index is 0.586. The Hall–Kier alpha value is -3.43. The van der Waals surface area contributed by atoms with Crippen molar-refractivity contribution in [3.63, 3.8) is 0 Å². The average Bonchev–Trinajstić information content (AvgIpc) is 2.83. The lowest BCUT2D eigenvalue weighted by Crippen LogP contribution is -1.98. The van der Waals surface area contributed by atoms with Gasteiger partial charge in [0.15, 0.2) is 0 Å². The van der Waals surface area contributed by atoms with Gasteiger partial charge in [0, 0.05) is 44.2 Å². The Balaban J connectivity index is 1.56. The summed E-state index contributed by atoms with van der Waals surface area (Å²) in [4.78, 5) is 12.2. The first-order valence-corrected chi connectivity index (χ1v) is 12.3. The van der Waals surface area contributed by atoms with Gasteiger partial charge in [0.2, 0.25) is 0 Å². The molecule has 2 aromatic heterocycles. The molecular formula is C30H22N2S. The first-order chi connectivity index (χ1) is 16.2. The summed E-state index contributed by atoms with van der Waals surface area (Å²) in [6.45, 7) is 4.50. The molecule has 3 heterocycles. The van der Waals surface area contributed by atoms with Crippen molar-refractivity contribution in [3.05, 3.63) is 84.8 Å². The van der Waals surface area contributed by atoms with Crippen molar-refractivity contribution in [2.45, 2.75) is 30.1 Å². The van der Waals surface area contributed by atoms with Gasteiger partial charge >= 0.3 is 0 Å². The van der Waals surface area contributed by atoms with E-state index in [1.165, 1.54) is 64.1 Å². The summed E-state index contributed by atoms with van der Waals surface area (Å²) in [7, 11) is 0. The first-order valence-electron chi connectivity index (χ1n) is 11.5. The van der Waals surface area contributed by atoms with Gasteiger partial charge < -0.3 is 0 Å². The first kappa shape index (κ1) is 19.1. The highest BCUT2D eigenvalue weighted by atomic mass is 32.2. The molecule has 1 aliphatic rings.